The summed E-state index contributed by atoms with van der Waals surface area (Å²) in [5.41, 5.74) is 1.98. The molecule has 1 atom stereocenters. The van der Waals surface area contributed by atoms with Crippen LogP contribution < -0.4 is 0 Å². The number of piperidine rings is 1. The minimum absolute atomic E-state index is 0.165. The van der Waals surface area contributed by atoms with E-state index < -0.39 is 0 Å². The van der Waals surface area contributed by atoms with E-state index in [2.05, 4.69) is 29.1 Å². The lowest BCUT2D eigenvalue weighted by Crippen LogP contribution is -2.40. The number of carbonyl (C=O) groups excluding carboxylic acids is 1. The van der Waals surface area contributed by atoms with Gasteiger partial charge in [0, 0.05) is 43.1 Å². The zero-order chi connectivity index (χ0) is 15.5. The quantitative estimate of drug-likeness (QED) is 0.940. The molecule has 2 aromatic heterocycles. The maximum atomic E-state index is 12.5. The van der Waals surface area contributed by atoms with Crippen LogP contribution in [0, 0.1) is 0 Å². The van der Waals surface area contributed by atoms with Crippen LogP contribution in [0.2, 0.25) is 0 Å². The number of hydrogen-bond donors (Lipinski definition) is 1. The molecule has 1 fully saturated rings. The van der Waals surface area contributed by atoms with Crippen LogP contribution in [0.5, 0.6) is 0 Å². The highest BCUT2D eigenvalue weighted by molar-refractivity contribution is 5.78. The Labute approximate surface area is 130 Å². The molecule has 22 heavy (non-hydrogen) atoms. The highest BCUT2D eigenvalue weighted by Gasteiger charge is 2.25. The summed E-state index contributed by atoms with van der Waals surface area (Å²) in [5, 5.41) is 11.5. The van der Waals surface area contributed by atoms with Crippen LogP contribution in [-0.2, 0) is 11.2 Å². The van der Waals surface area contributed by atoms with E-state index in [1.54, 1.807) is 6.20 Å². The molecule has 0 spiro atoms. The fourth-order valence-corrected chi connectivity index (χ4v) is 2.98. The Morgan fingerprint density at radius 2 is 2.32 bits per heavy atom. The number of carbonyl (C=O) groups is 1. The summed E-state index contributed by atoms with van der Waals surface area (Å²) < 4.78 is 1.90. The van der Waals surface area contributed by atoms with Gasteiger partial charge in [0.1, 0.15) is 0 Å². The van der Waals surface area contributed by atoms with Crippen LogP contribution in [0.4, 0.5) is 0 Å². The fourth-order valence-electron chi connectivity index (χ4n) is 2.98. The van der Waals surface area contributed by atoms with Gasteiger partial charge in [-0.15, -0.1) is 0 Å². The predicted molar refractivity (Wildman–Crippen MR) is 83.5 cm³/mol. The van der Waals surface area contributed by atoms with Crippen molar-refractivity contribution in [2.75, 3.05) is 13.1 Å². The second-order valence-electron chi connectivity index (χ2n) is 6.25. The minimum atomic E-state index is 0.165. The first-order valence-electron chi connectivity index (χ1n) is 7.94. The van der Waals surface area contributed by atoms with E-state index in [0.717, 1.165) is 37.3 Å². The maximum Gasteiger partial charge on any atom is 0.228 e. The van der Waals surface area contributed by atoms with E-state index in [0.29, 0.717) is 18.4 Å². The van der Waals surface area contributed by atoms with Gasteiger partial charge in [0.25, 0.3) is 0 Å². The molecule has 6 nitrogen and oxygen atoms in total. The van der Waals surface area contributed by atoms with Crippen LogP contribution >= 0.6 is 0 Å². The number of likely N-dealkylation sites (tertiary alicyclic amines) is 1. The second kappa shape index (κ2) is 6.34. The fraction of sp³-hybridized carbons (Fsp3) is 0.562. The first-order chi connectivity index (χ1) is 10.6. The summed E-state index contributed by atoms with van der Waals surface area (Å²) in [7, 11) is 0. The van der Waals surface area contributed by atoms with E-state index in [9.17, 15) is 4.79 Å². The molecule has 0 radical (unpaired) electrons. The molecule has 0 bridgehead atoms. The van der Waals surface area contributed by atoms with Crippen molar-refractivity contribution in [2.24, 2.45) is 0 Å². The zero-order valence-electron chi connectivity index (χ0n) is 13.2. The number of aromatic amines is 1. The Morgan fingerprint density at radius 1 is 1.45 bits per heavy atom. The number of rotatable bonds is 4. The molecule has 1 amide bonds. The maximum absolute atomic E-state index is 12.5. The summed E-state index contributed by atoms with van der Waals surface area (Å²) in [6.07, 6.45) is 6.24. The molecule has 0 aliphatic carbocycles. The molecule has 118 valence electrons. The summed E-state index contributed by atoms with van der Waals surface area (Å²) >= 11 is 0. The van der Waals surface area contributed by atoms with Crippen molar-refractivity contribution in [3.8, 4) is 0 Å². The smallest absolute Gasteiger partial charge is 0.228 e. The lowest BCUT2D eigenvalue weighted by Gasteiger charge is -2.32. The standard InChI is InChI=1S/C16H23N5O/c1-12(2)21-9-6-14(19-21)10-16(22)20-8-3-4-13(11-20)15-5-7-17-18-15/h5-7,9,12-13H,3-4,8,10-11H2,1-2H3,(H,17,18)/t13-/m1/s1. The molecule has 1 N–H and O–H groups in total. The zero-order valence-corrected chi connectivity index (χ0v) is 13.2. The first-order valence-corrected chi connectivity index (χ1v) is 7.94. The summed E-state index contributed by atoms with van der Waals surface area (Å²) in [4.78, 5) is 14.5. The Balaban J connectivity index is 1.61. The molecule has 1 aliphatic heterocycles. The highest BCUT2D eigenvalue weighted by atomic mass is 16.2. The minimum Gasteiger partial charge on any atom is -0.342 e. The molecular formula is C16H23N5O. The van der Waals surface area contributed by atoms with Crippen LogP contribution in [0.3, 0.4) is 0 Å². The molecule has 0 aromatic carbocycles. The molecule has 2 aromatic rings. The van der Waals surface area contributed by atoms with Gasteiger partial charge in [0.2, 0.25) is 5.91 Å². The summed E-state index contributed by atoms with van der Waals surface area (Å²) in [6.45, 7) is 5.77. The van der Waals surface area contributed by atoms with E-state index in [-0.39, 0.29) is 5.91 Å². The van der Waals surface area contributed by atoms with Gasteiger partial charge in [-0.05, 0) is 38.8 Å². The van der Waals surface area contributed by atoms with Crippen molar-refractivity contribution >= 4 is 5.91 Å². The molecular weight excluding hydrogens is 278 g/mol. The average Bonchev–Trinajstić information content (AvgIpc) is 3.19. The van der Waals surface area contributed by atoms with Crippen LogP contribution in [-0.4, -0.2) is 43.9 Å². The van der Waals surface area contributed by atoms with Crippen LogP contribution in [0.15, 0.2) is 24.5 Å². The van der Waals surface area contributed by atoms with E-state index >= 15 is 0 Å². The van der Waals surface area contributed by atoms with Gasteiger partial charge >= 0.3 is 0 Å². The second-order valence-corrected chi connectivity index (χ2v) is 6.25. The Kier molecular flexibility index (Phi) is 4.27. The van der Waals surface area contributed by atoms with E-state index in [1.807, 2.05) is 27.9 Å². The molecule has 0 saturated carbocycles. The monoisotopic (exact) mass is 301 g/mol. The number of hydrogen-bond acceptors (Lipinski definition) is 3. The average molecular weight is 301 g/mol. The predicted octanol–water partition coefficient (Wildman–Crippen LogP) is 2.14. The van der Waals surface area contributed by atoms with Gasteiger partial charge in [0.05, 0.1) is 12.1 Å². The van der Waals surface area contributed by atoms with Gasteiger partial charge in [-0.1, -0.05) is 0 Å². The van der Waals surface area contributed by atoms with Crippen molar-refractivity contribution in [2.45, 2.75) is 45.1 Å². The van der Waals surface area contributed by atoms with Crippen molar-refractivity contribution in [1.29, 1.82) is 0 Å². The lowest BCUT2D eigenvalue weighted by molar-refractivity contribution is -0.131. The third kappa shape index (κ3) is 3.21. The Morgan fingerprint density at radius 3 is 3.00 bits per heavy atom. The number of nitrogens with zero attached hydrogens (tertiary/aromatic N) is 4. The van der Waals surface area contributed by atoms with E-state index in [4.69, 9.17) is 0 Å². The van der Waals surface area contributed by atoms with Gasteiger partial charge in [-0.3, -0.25) is 14.6 Å². The lowest BCUT2D eigenvalue weighted by atomic mass is 9.94. The van der Waals surface area contributed by atoms with Crippen molar-refractivity contribution < 1.29 is 4.79 Å². The van der Waals surface area contributed by atoms with Crippen LogP contribution in [0.1, 0.15) is 50.0 Å². The highest BCUT2D eigenvalue weighted by Crippen LogP contribution is 2.25. The van der Waals surface area contributed by atoms with Crippen molar-refractivity contribution in [3.05, 3.63) is 35.9 Å². The Bertz CT molecular complexity index is 616. The van der Waals surface area contributed by atoms with Gasteiger partial charge < -0.3 is 4.90 Å². The largest absolute Gasteiger partial charge is 0.342 e. The first kappa shape index (κ1) is 14.8. The number of nitrogens with one attached hydrogen (secondary N) is 1. The summed E-state index contributed by atoms with van der Waals surface area (Å²) in [6, 6.07) is 4.26. The Hall–Kier alpha value is -2.11. The van der Waals surface area contributed by atoms with Crippen molar-refractivity contribution in [3.63, 3.8) is 0 Å². The van der Waals surface area contributed by atoms with E-state index in [1.165, 1.54) is 0 Å². The molecule has 0 unspecified atom stereocenters. The van der Waals surface area contributed by atoms with Crippen molar-refractivity contribution in [1.82, 2.24) is 24.9 Å². The molecule has 3 rings (SSSR count). The summed E-state index contributed by atoms with van der Waals surface area (Å²) in [5.74, 6) is 0.534. The molecule has 3 heterocycles. The third-order valence-corrected chi connectivity index (χ3v) is 4.26. The number of aromatic nitrogens is 4. The SMILES string of the molecule is CC(C)n1ccc(CC(=O)N2CCC[C@@H](c3ccn[nH]3)C2)n1. The van der Waals surface area contributed by atoms with Crippen LogP contribution in [0.25, 0.3) is 0 Å². The molecule has 6 heteroatoms. The van der Waals surface area contributed by atoms with Gasteiger partial charge in [-0.25, -0.2) is 0 Å². The third-order valence-electron chi connectivity index (χ3n) is 4.26. The topological polar surface area (TPSA) is 66.8 Å². The molecule has 1 aliphatic rings. The van der Waals surface area contributed by atoms with Gasteiger partial charge in [-0.2, -0.15) is 10.2 Å². The van der Waals surface area contributed by atoms with Gasteiger partial charge in [0.15, 0.2) is 0 Å². The number of H-pyrrole nitrogens is 1. The normalized spacial score (nSPS) is 18.9. The molecule has 1 saturated heterocycles. The number of amides is 1.